The van der Waals surface area contributed by atoms with Crippen LogP contribution in [0.4, 0.5) is 5.82 Å². The van der Waals surface area contributed by atoms with Crippen LogP contribution < -0.4 is 5.32 Å². The van der Waals surface area contributed by atoms with Gasteiger partial charge in [0.1, 0.15) is 6.61 Å². The lowest BCUT2D eigenvalue weighted by molar-refractivity contribution is -0.119. The Morgan fingerprint density at radius 3 is 2.78 bits per heavy atom. The van der Waals surface area contributed by atoms with Crippen LogP contribution in [0.1, 0.15) is 33.4 Å². The number of hydrogen-bond acceptors (Lipinski definition) is 3. The van der Waals surface area contributed by atoms with E-state index < -0.39 is 0 Å². The second-order valence-electron chi connectivity index (χ2n) is 5.73. The SMILES string of the molecule is COCC(=O)Nc1cc(C[C@@H](C)C(C)(C)C)[nH]n1. The number of aromatic nitrogens is 2. The first-order chi connectivity index (χ1) is 8.32. The van der Waals surface area contributed by atoms with Crippen LogP contribution in [0, 0.1) is 11.3 Å². The molecule has 1 atom stereocenters. The number of rotatable bonds is 5. The second kappa shape index (κ2) is 6.00. The fourth-order valence-corrected chi connectivity index (χ4v) is 1.48. The van der Waals surface area contributed by atoms with Crippen molar-refractivity contribution in [2.45, 2.75) is 34.1 Å². The van der Waals surface area contributed by atoms with Crippen molar-refractivity contribution in [2.24, 2.45) is 11.3 Å². The molecule has 1 heterocycles. The van der Waals surface area contributed by atoms with Gasteiger partial charge < -0.3 is 10.1 Å². The van der Waals surface area contributed by atoms with E-state index in [1.54, 1.807) is 0 Å². The number of amides is 1. The van der Waals surface area contributed by atoms with E-state index in [9.17, 15) is 4.79 Å². The molecule has 5 heteroatoms. The Morgan fingerprint density at radius 1 is 1.56 bits per heavy atom. The van der Waals surface area contributed by atoms with Gasteiger partial charge in [-0.05, 0) is 17.8 Å². The van der Waals surface area contributed by atoms with E-state index in [1.807, 2.05) is 6.07 Å². The number of H-pyrrole nitrogens is 1. The van der Waals surface area contributed by atoms with Crippen LogP contribution in [0.15, 0.2) is 6.07 Å². The van der Waals surface area contributed by atoms with E-state index in [4.69, 9.17) is 4.74 Å². The number of methoxy groups -OCH3 is 1. The van der Waals surface area contributed by atoms with Crippen molar-refractivity contribution in [3.63, 3.8) is 0 Å². The van der Waals surface area contributed by atoms with Crippen LogP contribution in [0.2, 0.25) is 0 Å². The Bertz CT molecular complexity index is 393. The number of anilines is 1. The summed E-state index contributed by atoms with van der Waals surface area (Å²) in [4.78, 5) is 11.3. The van der Waals surface area contributed by atoms with E-state index in [0.717, 1.165) is 12.1 Å². The third-order valence-corrected chi connectivity index (χ3v) is 3.18. The van der Waals surface area contributed by atoms with Gasteiger partial charge in [-0.2, -0.15) is 5.10 Å². The van der Waals surface area contributed by atoms with Gasteiger partial charge in [0, 0.05) is 18.9 Å². The summed E-state index contributed by atoms with van der Waals surface area (Å²) in [5, 5.41) is 9.68. The highest BCUT2D eigenvalue weighted by Gasteiger charge is 2.21. The predicted molar refractivity (Wildman–Crippen MR) is 71.4 cm³/mol. The molecular formula is C13H23N3O2. The Kier molecular flexibility index (Phi) is 4.90. The Morgan fingerprint density at radius 2 is 2.22 bits per heavy atom. The molecule has 0 unspecified atom stereocenters. The number of nitrogens with zero attached hydrogens (tertiary/aromatic N) is 1. The molecule has 18 heavy (non-hydrogen) atoms. The van der Waals surface area contributed by atoms with E-state index in [-0.39, 0.29) is 17.9 Å². The highest BCUT2D eigenvalue weighted by atomic mass is 16.5. The first-order valence-corrected chi connectivity index (χ1v) is 6.16. The van der Waals surface area contributed by atoms with Crippen molar-refractivity contribution in [2.75, 3.05) is 19.0 Å². The molecule has 0 radical (unpaired) electrons. The number of aromatic amines is 1. The zero-order valence-electron chi connectivity index (χ0n) is 11.8. The molecule has 0 aliphatic rings. The molecule has 2 N–H and O–H groups in total. The fraction of sp³-hybridized carbons (Fsp3) is 0.692. The summed E-state index contributed by atoms with van der Waals surface area (Å²) in [5.74, 6) is 0.882. The van der Waals surface area contributed by atoms with Gasteiger partial charge in [-0.25, -0.2) is 0 Å². The van der Waals surface area contributed by atoms with Gasteiger partial charge in [0.2, 0.25) is 0 Å². The highest BCUT2D eigenvalue weighted by molar-refractivity contribution is 5.90. The van der Waals surface area contributed by atoms with Gasteiger partial charge in [0.15, 0.2) is 5.82 Å². The zero-order valence-corrected chi connectivity index (χ0v) is 11.8. The molecule has 0 saturated heterocycles. The lowest BCUT2D eigenvalue weighted by Crippen LogP contribution is -2.19. The lowest BCUT2D eigenvalue weighted by atomic mass is 9.79. The van der Waals surface area contributed by atoms with E-state index in [1.165, 1.54) is 7.11 Å². The molecule has 0 aliphatic heterocycles. The van der Waals surface area contributed by atoms with Crippen molar-refractivity contribution in [1.29, 1.82) is 0 Å². The standard InChI is InChI=1S/C13H23N3O2/c1-9(13(2,3)4)6-10-7-11(16-15-10)14-12(17)8-18-5/h7,9H,6,8H2,1-5H3,(H2,14,15,16,17)/t9-/m1/s1. The molecule has 0 bridgehead atoms. The Hall–Kier alpha value is -1.36. The summed E-state index contributed by atoms with van der Waals surface area (Å²) in [6, 6.07) is 1.87. The maximum Gasteiger partial charge on any atom is 0.251 e. The van der Waals surface area contributed by atoms with Crippen LogP contribution in [0.3, 0.4) is 0 Å². The number of carbonyl (C=O) groups excluding carboxylic acids is 1. The van der Waals surface area contributed by atoms with Gasteiger partial charge >= 0.3 is 0 Å². The van der Waals surface area contributed by atoms with Crippen LogP contribution in [-0.4, -0.2) is 29.8 Å². The Labute approximate surface area is 108 Å². The zero-order chi connectivity index (χ0) is 13.8. The summed E-state index contributed by atoms with van der Waals surface area (Å²) in [7, 11) is 1.49. The largest absolute Gasteiger partial charge is 0.375 e. The minimum absolute atomic E-state index is 0.0422. The minimum atomic E-state index is -0.195. The van der Waals surface area contributed by atoms with Gasteiger partial charge in [-0.3, -0.25) is 9.89 Å². The molecule has 102 valence electrons. The van der Waals surface area contributed by atoms with Gasteiger partial charge in [-0.1, -0.05) is 27.7 Å². The lowest BCUT2D eigenvalue weighted by Gasteiger charge is -2.26. The fourth-order valence-electron chi connectivity index (χ4n) is 1.48. The van der Waals surface area contributed by atoms with Crippen molar-refractivity contribution in [3.8, 4) is 0 Å². The molecule has 1 rings (SSSR count). The monoisotopic (exact) mass is 253 g/mol. The van der Waals surface area contributed by atoms with Crippen molar-refractivity contribution >= 4 is 11.7 Å². The highest BCUT2D eigenvalue weighted by Crippen LogP contribution is 2.28. The maximum absolute atomic E-state index is 11.3. The molecule has 1 amide bonds. The number of hydrogen-bond donors (Lipinski definition) is 2. The van der Waals surface area contributed by atoms with E-state index >= 15 is 0 Å². The smallest absolute Gasteiger partial charge is 0.251 e. The summed E-state index contributed by atoms with van der Waals surface area (Å²) in [5.41, 5.74) is 1.29. The molecule has 0 saturated carbocycles. The summed E-state index contributed by atoms with van der Waals surface area (Å²) >= 11 is 0. The van der Waals surface area contributed by atoms with Crippen molar-refractivity contribution in [1.82, 2.24) is 10.2 Å². The van der Waals surface area contributed by atoms with Gasteiger partial charge in [0.25, 0.3) is 5.91 Å². The molecule has 5 nitrogen and oxygen atoms in total. The molecule has 0 fully saturated rings. The normalized spacial score (nSPS) is 13.4. The van der Waals surface area contributed by atoms with Crippen LogP contribution in [0.25, 0.3) is 0 Å². The molecule has 0 aliphatic carbocycles. The molecule has 0 spiro atoms. The molecule has 1 aromatic rings. The van der Waals surface area contributed by atoms with Crippen molar-refractivity contribution in [3.05, 3.63) is 11.8 Å². The average molecular weight is 253 g/mol. The third kappa shape index (κ3) is 4.49. The maximum atomic E-state index is 11.3. The number of ether oxygens (including phenoxy) is 1. The molecule has 0 aromatic carbocycles. The van der Waals surface area contributed by atoms with E-state index in [0.29, 0.717) is 11.7 Å². The molecule has 1 aromatic heterocycles. The molecular weight excluding hydrogens is 230 g/mol. The van der Waals surface area contributed by atoms with Gasteiger partial charge in [0.05, 0.1) is 0 Å². The van der Waals surface area contributed by atoms with Crippen LogP contribution >= 0.6 is 0 Å². The summed E-state index contributed by atoms with van der Waals surface area (Å²) < 4.78 is 4.74. The average Bonchev–Trinajstić information content (AvgIpc) is 2.64. The second-order valence-corrected chi connectivity index (χ2v) is 5.73. The van der Waals surface area contributed by atoms with Crippen LogP contribution in [-0.2, 0) is 16.0 Å². The quantitative estimate of drug-likeness (QED) is 0.845. The number of nitrogens with one attached hydrogen (secondary N) is 2. The van der Waals surface area contributed by atoms with Crippen molar-refractivity contribution < 1.29 is 9.53 Å². The third-order valence-electron chi connectivity index (χ3n) is 3.18. The first kappa shape index (κ1) is 14.7. The summed E-state index contributed by atoms with van der Waals surface area (Å²) in [6.45, 7) is 8.91. The first-order valence-electron chi connectivity index (χ1n) is 6.16. The van der Waals surface area contributed by atoms with Gasteiger partial charge in [-0.15, -0.1) is 0 Å². The summed E-state index contributed by atoms with van der Waals surface area (Å²) in [6.07, 6.45) is 0.913. The number of carbonyl (C=O) groups is 1. The predicted octanol–water partition coefficient (Wildman–Crippen LogP) is 2.22. The minimum Gasteiger partial charge on any atom is -0.375 e. The Balaban J connectivity index is 2.56. The van der Waals surface area contributed by atoms with Crippen LogP contribution in [0.5, 0.6) is 0 Å². The van der Waals surface area contributed by atoms with E-state index in [2.05, 4.69) is 43.2 Å². The topological polar surface area (TPSA) is 67.0 Å².